The van der Waals surface area contributed by atoms with E-state index in [0.717, 1.165) is 24.0 Å². The van der Waals surface area contributed by atoms with Gasteiger partial charge in [-0.3, -0.25) is 0 Å². The summed E-state index contributed by atoms with van der Waals surface area (Å²) in [6, 6.07) is 8.61. The Labute approximate surface area is 109 Å². The summed E-state index contributed by atoms with van der Waals surface area (Å²) in [5, 5.41) is 3.54. The second-order valence-electron chi connectivity index (χ2n) is 5.23. The highest BCUT2D eigenvalue weighted by Gasteiger charge is 2.30. The molecule has 2 rings (SSSR count). The summed E-state index contributed by atoms with van der Waals surface area (Å²) < 4.78 is 10.9. The van der Waals surface area contributed by atoms with Crippen LogP contribution in [0, 0.1) is 5.92 Å². The molecule has 0 radical (unpaired) electrons. The molecule has 1 saturated carbocycles. The normalized spacial score (nSPS) is 16.7. The molecule has 1 fully saturated rings. The first kappa shape index (κ1) is 13.2. The molecule has 1 unspecified atom stereocenters. The van der Waals surface area contributed by atoms with Crippen LogP contribution < -0.4 is 10.1 Å². The van der Waals surface area contributed by atoms with E-state index in [2.05, 4.69) is 17.4 Å². The minimum atomic E-state index is 0.219. The lowest BCUT2D eigenvalue weighted by molar-refractivity contribution is 0.179. The monoisotopic (exact) mass is 249 g/mol. The standard InChI is InChI=1S/C15H23NO2/c1-11(2)18-14-8-6-13(7-9-14)16-15(10-17-3)12-4-5-12/h6-9,11-12,15-16H,4-5,10H2,1-3H3. The molecular weight excluding hydrogens is 226 g/mol. The number of rotatable bonds is 7. The summed E-state index contributed by atoms with van der Waals surface area (Å²) >= 11 is 0. The topological polar surface area (TPSA) is 30.5 Å². The number of anilines is 1. The van der Waals surface area contributed by atoms with Crippen LogP contribution in [0.2, 0.25) is 0 Å². The van der Waals surface area contributed by atoms with Gasteiger partial charge in [0.2, 0.25) is 0 Å². The second-order valence-corrected chi connectivity index (χ2v) is 5.23. The quantitative estimate of drug-likeness (QED) is 0.804. The maximum absolute atomic E-state index is 5.63. The van der Waals surface area contributed by atoms with Crippen molar-refractivity contribution >= 4 is 5.69 Å². The molecular formula is C15H23NO2. The number of hydrogen-bond acceptors (Lipinski definition) is 3. The van der Waals surface area contributed by atoms with E-state index >= 15 is 0 Å². The van der Waals surface area contributed by atoms with Gasteiger partial charge in [-0.1, -0.05) is 0 Å². The Balaban J connectivity index is 1.91. The van der Waals surface area contributed by atoms with Crippen LogP contribution in [0.4, 0.5) is 5.69 Å². The van der Waals surface area contributed by atoms with E-state index in [0.29, 0.717) is 6.04 Å². The van der Waals surface area contributed by atoms with Crippen molar-refractivity contribution in [1.82, 2.24) is 0 Å². The number of ether oxygens (including phenoxy) is 2. The summed E-state index contributed by atoms with van der Waals surface area (Å²) in [4.78, 5) is 0. The molecule has 100 valence electrons. The van der Waals surface area contributed by atoms with E-state index in [-0.39, 0.29) is 6.10 Å². The zero-order valence-electron chi connectivity index (χ0n) is 11.5. The lowest BCUT2D eigenvalue weighted by Gasteiger charge is -2.19. The third-order valence-corrected chi connectivity index (χ3v) is 3.12. The van der Waals surface area contributed by atoms with Crippen molar-refractivity contribution in [1.29, 1.82) is 0 Å². The first-order valence-electron chi connectivity index (χ1n) is 6.71. The lowest BCUT2D eigenvalue weighted by atomic mass is 10.2. The first-order valence-corrected chi connectivity index (χ1v) is 6.71. The van der Waals surface area contributed by atoms with Crippen LogP contribution in [-0.4, -0.2) is 25.9 Å². The van der Waals surface area contributed by atoms with Crippen molar-refractivity contribution in [2.45, 2.75) is 38.8 Å². The number of methoxy groups -OCH3 is 1. The van der Waals surface area contributed by atoms with Crippen LogP contribution in [0.5, 0.6) is 5.75 Å². The molecule has 0 aromatic heterocycles. The molecule has 0 aliphatic heterocycles. The highest BCUT2D eigenvalue weighted by molar-refractivity contribution is 5.47. The van der Waals surface area contributed by atoms with E-state index in [1.54, 1.807) is 7.11 Å². The van der Waals surface area contributed by atoms with Gasteiger partial charge in [0.05, 0.1) is 18.8 Å². The molecule has 1 aromatic rings. The average Bonchev–Trinajstić information content (AvgIpc) is 3.14. The molecule has 0 bridgehead atoms. The van der Waals surface area contributed by atoms with E-state index in [4.69, 9.17) is 9.47 Å². The van der Waals surface area contributed by atoms with Gasteiger partial charge in [0.1, 0.15) is 5.75 Å². The Bertz CT molecular complexity index is 357. The van der Waals surface area contributed by atoms with E-state index in [9.17, 15) is 0 Å². The molecule has 1 atom stereocenters. The molecule has 0 spiro atoms. The fourth-order valence-electron chi connectivity index (χ4n) is 2.09. The Morgan fingerprint density at radius 2 is 1.89 bits per heavy atom. The predicted molar refractivity (Wildman–Crippen MR) is 74.2 cm³/mol. The highest BCUT2D eigenvalue weighted by atomic mass is 16.5. The Morgan fingerprint density at radius 3 is 2.39 bits per heavy atom. The van der Waals surface area contributed by atoms with Crippen LogP contribution >= 0.6 is 0 Å². The Hall–Kier alpha value is -1.22. The van der Waals surface area contributed by atoms with Crippen molar-refractivity contribution in [2.24, 2.45) is 5.92 Å². The maximum Gasteiger partial charge on any atom is 0.119 e. The highest BCUT2D eigenvalue weighted by Crippen LogP contribution is 2.34. The fourth-order valence-corrected chi connectivity index (χ4v) is 2.09. The molecule has 1 N–H and O–H groups in total. The second kappa shape index (κ2) is 6.10. The van der Waals surface area contributed by atoms with Crippen LogP contribution in [0.1, 0.15) is 26.7 Å². The molecule has 3 nitrogen and oxygen atoms in total. The van der Waals surface area contributed by atoms with Crippen molar-refractivity contribution < 1.29 is 9.47 Å². The smallest absolute Gasteiger partial charge is 0.119 e. The summed E-state index contributed by atoms with van der Waals surface area (Å²) in [5.74, 6) is 1.70. The molecule has 0 saturated heterocycles. The van der Waals surface area contributed by atoms with Gasteiger partial charge in [-0.05, 0) is 56.9 Å². The molecule has 18 heavy (non-hydrogen) atoms. The average molecular weight is 249 g/mol. The molecule has 1 aliphatic rings. The maximum atomic E-state index is 5.63. The fraction of sp³-hybridized carbons (Fsp3) is 0.600. The van der Waals surface area contributed by atoms with Gasteiger partial charge < -0.3 is 14.8 Å². The SMILES string of the molecule is COCC(Nc1ccc(OC(C)C)cc1)C1CC1. The molecule has 0 amide bonds. The third kappa shape index (κ3) is 3.91. The molecule has 0 heterocycles. The first-order chi connectivity index (χ1) is 8.69. The zero-order chi connectivity index (χ0) is 13.0. The Morgan fingerprint density at radius 1 is 1.22 bits per heavy atom. The van der Waals surface area contributed by atoms with Gasteiger partial charge in [0, 0.05) is 12.8 Å². The number of benzene rings is 1. The van der Waals surface area contributed by atoms with Crippen molar-refractivity contribution in [3.63, 3.8) is 0 Å². The molecule has 1 aliphatic carbocycles. The van der Waals surface area contributed by atoms with Crippen LogP contribution in [0.15, 0.2) is 24.3 Å². The number of nitrogens with one attached hydrogen (secondary N) is 1. The summed E-state index contributed by atoms with van der Waals surface area (Å²) in [5.41, 5.74) is 1.14. The van der Waals surface area contributed by atoms with E-state index in [1.807, 2.05) is 26.0 Å². The van der Waals surface area contributed by atoms with Gasteiger partial charge in [-0.2, -0.15) is 0 Å². The lowest BCUT2D eigenvalue weighted by Crippen LogP contribution is -2.27. The third-order valence-electron chi connectivity index (χ3n) is 3.12. The zero-order valence-corrected chi connectivity index (χ0v) is 11.5. The summed E-state index contributed by atoms with van der Waals surface area (Å²) in [6.07, 6.45) is 2.85. The van der Waals surface area contributed by atoms with E-state index in [1.165, 1.54) is 12.8 Å². The van der Waals surface area contributed by atoms with E-state index < -0.39 is 0 Å². The van der Waals surface area contributed by atoms with Crippen LogP contribution in [-0.2, 0) is 4.74 Å². The minimum absolute atomic E-state index is 0.219. The van der Waals surface area contributed by atoms with Gasteiger partial charge >= 0.3 is 0 Å². The van der Waals surface area contributed by atoms with Crippen molar-refractivity contribution in [3.05, 3.63) is 24.3 Å². The van der Waals surface area contributed by atoms with Gasteiger partial charge in [-0.25, -0.2) is 0 Å². The summed E-state index contributed by atoms with van der Waals surface area (Å²) in [6.45, 7) is 4.84. The number of hydrogen-bond donors (Lipinski definition) is 1. The molecule has 1 aromatic carbocycles. The molecule has 3 heteroatoms. The van der Waals surface area contributed by atoms with Crippen molar-refractivity contribution in [2.75, 3.05) is 19.0 Å². The van der Waals surface area contributed by atoms with Gasteiger partial charge in [-0.15, -0.1) is 0 Å². The Kier molecular flexibility index (Phi) is 4.48. The van der Waals surface area contributed by atoms with Crippen LogP contribution in [0.3, 0.4) is 0 Å². The predicted octanol–water partition coefficient (Wildman–Crippen LogP) is 3.31. The van der Waals surface area contributed by atoms with Gasteiger partial charge in [0.15, 0.2) is 0 Å². The summed E-state index contributed by atoms with van der Waals surface area (Å²) in [7, 11) is 1.76. The van der Waals surface area contributed by atoms with Gasteiger partial charge in [0.25, 0.3) is 0 Å². The van der Waals surface area contributed by atoms with Crippen molar-refractivity contribution in [3.8, 4) is 5.75 Å². The minimum Gasteiger partial charge on any atom is -0.491 e. The van der Waals surface area contributed by atoms with Crippen LogP contribution in [0.25, 0.3) is 0 Å². The largest absolute Gasteiger partial charge is 0.491 e.